The molecule has 0 spiro atoms. The maximum Gasteiger partial charge on any atom is 0.333 e. The second-order valence-corrected chi connectivity index (χ2v) is 6.29. The molecule has 0 unspecified atom stereocenters. The zero-order chi connectivity index (χ0) is 20.0. The van der Waals surface area contributed by atoms with Crippen molar-refractivity contribution in [3.8, 4) is 0 Å². The van der Waals surface area contributed by atoms with Crippen molar-refractivity contribution in [3.05, 3.63) is 24.8 Å². The van der Waals surface area contributed by atoms with Crippen molar-refractivity contribution in [2.24, 2.45) is 0 Å². The van der Waals surface area contributed by atoms with Crippen LogP contribution < -0.4 is 0 Å². The van der Waals surface area contributed by atoms with Gasteiger partial charge in [0.1, 0.15) is 0 Å². The van der Waals surface area contributed by atoms with Gasteiger partial charge in [0.25, 0.3) is 0 Å². The molecule has 0 saturated carbocycles. The largest absolute Gasteiger partial charge is 0.463 e. The number of rotatable bonds is 15. The smallest absolute Gasteiger partial charge is 0.333 e. The molecule has 0 radical (unpaired) electrons. The lowest BCUT2D eigenvalue weighted by atomic mass is 10.1. The molecule has 0 aliphatic heterocycles. The van der Waals surface area contributed by atoms with Crippen molar-refractivity contribution in [3.63, 3.8) is 0 Å². The Kier molecular flexibility index (Phi) is 22.0. The molecule has 4 heteroatoms. The van der Waals surface area contributed by atoms with Gasteiger partial charge in [0.15, 0.2) is 0 Å². The molecule has 0 aromatic carbocycles. The Morgan fingerprint density at radius 1 is 0.769 bits per heavy atom. The molecule has 0 aromatic rings. The summed E-state index contributed by atoms with van der Waals surface area (Å²) >= 11 is 0. The highest BCUT2D eigenvalue weighted by molar-refractivity contribution is 5.87. The van der Waals surface area contributed by atoms with Crippen molar-refractivity contribution in [1.82, 2.24) is 0 Å². The highest BCUT2D eigenvalue weighted by Crippen LogP contribution is 2.05. The quantitative estimate of drug-likeness (QED) is 0.197. The molecule has 0 rings (SSSR count). The number of unbranched alkanes of at least 4 members (excludes halogenated alkanes) is 8. The highest BCUT2D eigenvalue weighted by Gasteiger charge is 2.04. The number of hydrogen-bond donors (Lipinski definition) is 0. The second-order valence-electron chi connectivity index (χ2n) is 6.29. The van der Waals surface area contributed by atoms with Crippen LogP contribution in [0.2, 0.25) is 0 Å². The average molecular weight is 369 g/mol. The van der Waals surface area contributed by atoms with Gasteiger partial charge in [-0.15, -0.1) is 0 Å². The van der Waals surface area contributed by atoms with Crippen molar-refractivity contribution in [2.45, 2.75) is 91.4 Å². The molecule has 26 heavy (non-hydrogen) atoms. The first-order valence-corrected chi connectivity index (χ1v) is 10.2. The molecule has 0 aliphatic carbocycles. The molecule has 4 nitrogen and oxygen atoms in total. The molecular formula is C22H40O4. The maximum atomic E-state index is 11.1. The molecule has 0 N–H and O–H groups in total. The minimum absolute atomic E-state index is 0.237. The second kappa shape index (κ2) is 21.5. The van der Waals surface area contributed by atoms with Crippen molar-refractivity contribution in [1.29, 1.82) is 0 Å². The summed E-state index contributed by atoms with van der Waals surface area (Å²) in [7, 11) is 0. The van der Waals surface area contributed by atoms with Gasteiger partial charge < -0.3 is 9.47 Å². The van der Waals surface area contributed by atoms with Crippen LogP contribution in [0.4, 0.5) is 0 Å². The molecule has 152 valence electrons. The Morgan fingerprint density at radius 2 is 1.23 bits per heavy atom. The van der Waals surface area contributed by atoms with E-state index in [1.165, 1.54) is 44.6 Å². The lowest BCUT2D eigenvalue weighted by molar-refractivity contribution is -0.139. The standard InChI is InChI=1S/2C11H20O2/c1-4-6-7-8-9-13-11(12)10(3)5-2;1-3-5-6-7-8-9-10-13-11(12)4-2/h3-9H2,1-2H3;4H,2-3,5-10H2,1H3. The van der Waals surface area contributed by atoms with Crippen LogP contribution in [-0.4, -0.2) is 25.2 Å². The van der Waals surface area contributed by atoms with Gasteiger partial charge in [0.2, 0.25) is 0 Å². The van der Waals surface area contributed by atoms with E-state index >= 15 is 0 Å². The first-order valence-electron chi connectivity index (χ1n) is 10.2. The highest BCUT2D eigenvalue weighted by atomic mass is 16.5. The maximum absolute atomic E-state index is 11.1. The Labute approximate surface area is 161 Å². The van der Waals surface area contributed by atoms with Gasteiger partial charge in [-0.25, -0.2) is 9.59 Å². The van der Waals surface area contributed by atoms with Gasteiger partial charge in [-0.2, -0.15) is 0 Å². The number of carbonyl (C=O) groups excluding carboxylic acids is 2. The van der Waals surface area contributed by atoms with Gasteiger partial charge in [0.05, 0.1) is 13.2 Å². The van der Waals surface area contributed by atoms with Gasteiger partial charge in [-0.3, -0.25) is 0 Å². The van der Waals surface area contributed by atoms with Crippen molar-refractivity contribution < 1.29 is 19.1 Å². The van der Waals surface area contributed by atoms with Crippen LogP contribution in [0.25, 0.3) is 0 Å². The predicted octanol–water partition coefficient (Wildman–Crippen LogP) is 6.15. The van der Waals surface area contributed by atoms with E-state index < -0.39 is 0 Å². The van der Waals surface area contributed by atoms with Crippen LogP contribution in [0.1, 0.15) is 91.4 Å². The SMILES string of the molecule is C=C(CC)C(=O)OCCCCCC.C=CC(=O)OCCCCCCCC. The molecule has 0 atom stereocenters. The lowest BCUT2D eigenvalue weighted by Crippen LogP contribution is -2.07. The van der Waals surface area contributed by atoms with Gasteiger partial charge in [0, 0.05) is 11.6 Å². The zero-order valence-electron chi connectivity index (χ0n) is 17.3. The number of esters is 2. The van der Waals surface area contributed by atoms with Gasteiger partial charge in [-0.1, -0.05) is 85.3 Å². The third-order valence-corrected chi connectivity index (χ3v) is 3.86. The fourth-order valence-corrected chi connectivity index (χ4v) is 2.05. The first-order chi connectivity index (χ1) is 12.5. The molecule has 0 aromatic heterocycles. The summed E-state index contributed by atoms with van der Waals surface area (Å²) in [5.41, 5.74) is 0.565. The van der Waals surface area contributed by atoms with Crippen molar-refractivity contribution in [2.75, 3.05) is 13.2 Å². The van der Waals surface area contributed by atoms with Crippen LogP contribution in [0, 0.1) is 0 Å². The minimum atomic E-state index is -0.312. The number of carbonyl (C=O) groups is 2. The average Bonchev–Trinajstić information content (AvgIpc) is 2.66. The Hall–Kier alpha value is -1.58. The summed E-state index contributed by atoms with van der Waals surface area (Å²) in [6, 6.07) is 0. The summed E-state index contributed by atoms with van der Waals surface area (Å²) in [6.07, 6.45) is 13.7. The minimum Gasteiger partial charge on any atom is -0.463 e. The normalized spacial score (nSPS) is 9.65. The van der Waals surface area contributed by atoms with E-state index in [4.69, 9.17) is 9.47 Å². The zero-order valence-corrected chi connectivity index (χ0v) is 17.3. The first kappa shape index (κ1) is 26.6. The Bertz CT molecular complexity index is 374. The van der Waals surface area contributed by atoms with E-state index in [1.807, 2.05) is 6.92 Å². The third kappa shape index (κ3) is 20.5. The van der Waals surface area contributed by atoms with E-state index in [0.717, 1.165) is 25.7 Å². The summed E-state index contributed by atoms with van der Waals surface area (Å²) in [4.78, 5) is 21.7. The van der Waals surface area contributed by atoms with Crippen LogP contribution in [0.15, 0.2) is 24.8 Å². The van der Waals surface area contributed by atoms with Crippen molar-refractivity contribution >= 4 is 11.9 Å². The number of ether oxygens (including phenoxy) is 2. The fourth-order valence-electron chi connectivity index (χ4n) is 2.05. The third-order valence-electron chi connectivity index (χ3n) is 3.86. The number of hydrogen-bond acceptors (Lipinski definition) is 4. The molecule has 0 saturated heterocycles. The molecule has 0 heterocycles. The monoisotopic (exact) mass is 368 g/mol. The molecule has 0 aliphatic rings. The van der Waals surface area contributed by atoms with E-state index in [1.54, 1.807) is 0 Å². The Balaban J connectivity index is 0. The summed E-state index contributed by atoms with van der Waals surface area (Å²) in [5, 5.41) is 0. The molecule has 0 fully saturated rings. The summed E-state index contributed by atoms with van der Waals surface area (Å²) < 4.78 is 9.84. The summed E-state index contributed by atoms with van der Waals surface area (Å²) in [5.74, 6) is -0.549. The topological polar surface area (TPSA) is 52.6 Å². The van der Waals surface area contributed by atoms with Crippen LogP contribution in [0.5, 0.6) is 0 Å². The Morgan fingerprint density at radius 3 is 1.73 bits per heavy atom. The fraction of sp³-hybridized carbons (Fsp3) is 0.727. The van der Waals surface area contributed by atoms with Crippen LogP contribution in [0.3, 0.4) is 0 Å². The lowest BCUT2D eigenvalue weighted by Gasteiger charge is -2.04. The predicted molar refractivity (Wildman–Crippen MR) is 109 cm³/mol. The van der Waals surface area contributed by atoms with E-state index in [9.17, 15) is 9.59 Å². The molecule has 0 bridgehead atoms. The van der Waals surface area contributed by atoms with E-state index in [-0.39, 0.29) is 11.9 Å². The van der Waals surface area contributed by atoms with Gasteiger partial charge in [-0.05, 0) is 19.3 Å². The van der Waals surface area contributed by atoms with E-state index in [2.05, 4.69) is 27.0 Å². The van der Waals surface area contributed by atoms with Crippen LogP contribution in [-0.2, 0) is 19.1 Å². The van der Waals surface area contributed by atoms with Crippen LogP contribution >= 0.6 is 0 Å². The summed E-state index contributed by atoms with van der Waals surface area (Å²) in [6.45, 7) is 14.3. The van der Waals surface area contributed by atoms with Gasteiger partial charge >= 0.3 is 11.9 Å². The molecular weight excluding hydrogens is 328 g/mol. The molecule has 0 amide bonds. The van der Waals surface area contributed by atoms with E-state index in [0.29, 0.717) is 25.2 Å².